The van der Waals surface area contributed by atoms with Gasteiger partial charge >= 0.3 is 0 Å². The fraction of sp³-hybridized carbons (Fsp3) is 0.167. The molecule has 10 heavy (non-hydrogen) atoms. The number of nitroso groups, excluding NO2 is 1. The van der Waals surface area contributed by atoms with Crippen LogP contribution in [0.1, 0.15) is 5.56 Å². The second kappa shape index (κ2) is 2.88. The highest BCUT2D eigenvalue weighted by atomic mass is 79.9. The molecule has 4 heteroatoms. The summed E-state index contributed by atoms with van der Waals surface area (Å²) in [5.74, 6) is 0. The average molecular weight is 201 g/mol. The van der Waals surface area contributed by atoms with E-state index in [0.717, 1.165) is 5.56 Å². The van der Waals surface area contributed by atoms with Crippen molar-refractivity contribution < 1.29 is 0 Å². The molecule has 3 nitrogen and oxygen atoms in total. The van der Waals surface area contributed by atoms with Gasteiger partial charge in [0.05, 0.1) is 0 Å². The largest absolute Gasteiger partial charge is 0.247 e. The van der Waals surface area contributed by atoms with E-state index >= 15 is 0 Å². The van der Waals surface area contributed by atoms with E-state index in [1.54, 1.807) is 12.3 Å². The van der Waals surface area contributed by atoms with E-state index in [2.05, 4.69) is 26.1 Å². The highest BCUT2D eigenvalue weighted by Gasteiger charge is 1.99. The minimum atomic E-state index is 0.347. The summed E-state index contributed by atoms with van der Waals surface area (Å²) in [7, 11) is 0. The van der Waals surface area contributed by atoms with Gasteiger partial charge in [-0.15, -0.1) is 4.91 Å². The zero-order valence-electron chi connectivity index (χ0n) is 5.34. The first kappa shape index (κ1) is 7.34. The number of pyridine rings is 1. The molecular formula is C6H5BrN2O. The van der Waals surface area contributed by atoms with E-state index in [1.807, 2.05) is 6.92 Å². The Morgan fingerprint density at radius 1 is 1.70 bits per heavy atom. The van der Waals surface area contributed by atoms with Crippen LogP contribution in [0.15, 0.2) is 22.0 Å². The molecule has 1 aromatic rings. The Kier molecular flexibility index (Phi) is 2.11. The van der Waals surface area contributed by atoms with E-state index in [-0.39, 0.29) is 0 Å². The van der Waals surface area contributed by atoms with E-state index in [1.165, 1.54) is 0 Å². The third-order valence-electron chi connectivity index (χ3n) is 1.06. The fourth-order valence-corrected chi connectivity index (χ4v) is 0.890. The maximum absolute atomic E-state index is 10.1. The average Bonchev–Trinajstić information content (AvgIpc) is 1.94. The second-order valence-electron chi connectivity index (χ2n) is 1.91. The van der Waals surface area contributed by atoms with Crippen molar-refractivity contribution in [2.24, 2.45) is 5.18 Å². The summed E-state index contributed by atoms with van der Waals surface area (Å²) in [5.41, 5.74) is 1.28. The van der Waals surface area contributed by atoms with Gasteiger partial charge in [-0.1, -0.05) is 0 Å². The lowest BCUT2D eigenvalue weighted by atomic mass is 10.3. The van der Waals surface area contributed by atoms with Crippen molar-refractivity contribution in [3.05, 3.63) is 27.3 Å². The number of nitrogens with zero attached hydrogens (tertiary/aromatic N) is 2. The molecule has 0 bridgehead atoms. The molecule has 0 radical (unpaired) electrons. The molecule has 0 unspecified atom stereocenters. The van der Waals surface area contributed by atoms with Crippen LogP contribution in [0.2, 0.25) is 0 Å². The summed E-state index contributed by atoms with van der Waals surface area (Å²) in [5, 5.41) is 2.77. The van der Waals surface area contributed by atoms with Crippen molar-refractivity contribution in [2.45, 2.75) is 6.92 Å². The summed E-state index contributed by atoms with van der Waals surface area (Å²) >= 11 is 3.09. The highest BCUT2D eigenvalue weighted by molar-refractivity contribution is 9.10. The molecule has 0 aromatic carbocycles. The zero-order chi connectivity index (χ0) is 7.56. The number of hydrogen-bond acceptors (Lipinski definition) is 3. The van der Waals surface area contributed by atoms with Crippen LogP contribution in [-0.4, -0.2) is 4.98 Å². The van der Waals surface area contributed by atoms with Crippen molar-refractivity contribution in [3.63, 3.8) is 0 Å². The maximum Gasteiger partial charge on any atom is 0.141 e. The van der Waals surface area contributed by atoms with Gasteiger partial charge in [-0.3, -0.25) is 0 Å². The summed E-state index contributed by atoms with van der Waals surface area (Å²) in [6.45, 7) is 1.86. The molecule has 1 rings (SSSR count). The topological polar surface area (TPSA) is 42.3 Å². The molecule has 0 aliphatic heterocycles. The summed E-state index contributed by atoms with van der Waals surface area (Å²) < 4.78 is 0.494. The number of hydrogen-bond donors (Lipinski definition) is 0. The molecule has 0 amide bonds. The lowest BCUT2D eigenvalue weighted by Gasteiger charge is -1.93. The maximum atomic E-state index is 10.1. The molecule has 1 aromatic heterocycles. The van der Waals surface area contributed by atoms with Crippen LogP contribution in [0.3, 0.4) is 0 Å². The Morgan fingerprint density at radius 3 is 2.90 bits per heavy atom. The Balaban J connectivity index is 3.21. The SMILES string of the molecule is Cc1cnc(Br)c(N=O)c1. The zero-order valence-corrected chi connectivity index (χ0v) is 6.92. The Morgan fingerprint density at radius 2 is 2.40 bits per heavy atom. The van der Waals surface area contributed by atoms with Crippen molar-refractivity contribution in [1.82, 2.24) is 4.98 Å². The van der Waals surface area contributed by atoms with Gasteiger partial charge in [0.2, 0.25) is 0 Å². The lowest BCUT2D eigenvalue weighted by Crippen LogP contribution is -1.77. The second-order valence-corrected chi connectivity index (χ2v) is 2.67. The molecule has 52 valence electrons. The third-order valence-corrected chi connectivity index (χ3v) is 1.67. The van der Waals surface area contributed by atoms with Gasteiger partial charge in [-0.2, -0.15) is 0 Å². The molecule has 1 heterocycles. The number of halogens is 1. The summed E-state index contributed by atoms with van der Waals surface area (Å²) in [6.07, 6.45) is 1.67. The van der Waals surface area contributed by atoms with Gasteiger partial charge in [0.15, 0.2) is 0 Å². The Labute approximate surface area is 66.6 Å². The number of aryl methyl sites for hydroxylation is 1. The quantitative estimate of drug-likeness (QED) is 0.517. The van der Waals surface area contributed by atoms with E-state index in [4.69, 9.17) is 0 Å². The van der Waals surface area contributed by atoms with Gasteiger partial charge in [0.1, 0.15) is 10.3 Å². The van der Waals surface area contributed by atoms with Crippen molar-refractivity contribution in [2.75, 3.05) is 0 Å². The molecule has 0 aliphatic carbocycles. The minimum Gasteiger partial charge on any atom is -0.247 e. The first-order valence-corrected chi connectivity index (χ1v) is 3.49. The molecule has 0 saturated carbocycles. The normalized spacial score (nSPS) is 9.40. The lowest BCUT2D eigenvalue weighted by molar-refractivity contribution is 1.21. The minimum absolute atomic E-state index is 0.347. The van der Waals surface area contributed by atoms with Crippen molar-refractivity contribution >= 4 is 21.6 Å². The molecular weight excluding hydrogens is 196 g/mol. The van der Waals surface area contributed by atoms with Crippen LogP contribution in [0.4, 0.5) is 5.69 Å². The molecule has 0 atom stereocenters. The van der Waals surface area contributed by atoms with Crippen LogP contribution >= 0.6 is 15.9 Å². The monoisotopic (exact) mass is 200 g/mol. The standard InChI is InChI=1S/C6H5BrN2O/c1-4-2-5(9-10)6(7)8-3-4/h2-3H,1H3. The van der Waals surface area contributed by atoms with Crippen LogP contribution in [0.25, 0.3) is 0 Å². The third kappa shape index (κ3) is 1.39. The fourth-order valence-electron chi connectivity index (χ4n) is 0.601. The predicted octanol–water partition coefficient (Wildman–Crippen LogP) is 2.55. The highest BCUT2D eigenvalue weighted by Crippen LogP contribution is 2.22. The van der Waals surface area contributed by atoms with E-state index in [0.29, 0.717) is 10.3 Å². The van der Waals surface area contributed by atoms with Gasteiger partial charge in [-0.25, -0.2) is 4.98 Å². The van der Waals surface area contributed by atoms with E-state index in [9.17, 15) is 4.91 Å². The first-order chi connectivity index (χ1) is 4.74. The van der Waals surface area contributed by atoms with E-state index < -0.39 is 0 Å². The molecule has 0 fully saturated rings. The predicted molar refractivity (Wildman–Crippen MR) is 42.1 cm³/mol. The van der Waals surface area contributed by atoms with Gasteiger partial charge < -0.3 is 0 Å². The van der Waals surface area contributed by atoms with Gasteiger partial charge in [-0.05, 0) is 39.7 Å². The molecule has 0 spiro atoms. The smallest absolute Gasteiger partial charge is 0.141 e. The van der Waals surface area contributed by atoms with Crippen LogP contribution in [-0.2, 0) is 0 Å². The van der Waals surface area contributed by atoms with Crippen molar-refractivity contribution in [3.8, 4) is 0 Å². The Bertz CT molecular complexity index is 262. The molecule has 0 saturated heterocycles. The van der Waals surface area contributed by atoms with Crippen molar-refractivity contribution in [1.29, 1.82) is 0 Å². The molecule has 0 N–H and O–H groups in total. The van der Waals surface area contributed by atoms with Crippen LogP contribution in [0.5, 0.6) is 0 Å². The summed E-state index contributed by atoms with van der Waals surface area (Å²) in [6, 6.07) is 1.67. The van der Waals surface area contributed by atoms with Gasteiger partial charge in [0.25, 0.3) is 0 Å². The van der Waals surface area contributed by atoms with Gasteiger partial charge in [0, 0.05) is 6.20 Å². The van der Waals surface area contributed by atoms with Crippen LogP contribution < -0.4 is 0 Å². The number of rotatable bonds is 1. The number of aromatic nitrogens is 1. The Hall–Kier alpha value is -0.770. The summed E-state index contributed by atoms with van der Waals surface area (Å²) in [4.78, 5) is 13.9. The first-order valence-electron chi connectivity index (χ1n) is 2.69. The van der Waals surface area contributed by atoms with Crippen LogP contribution in [0, 0.1) is 11.8 Å². The molecule has 0 aliphatic rings.